The summed E-state index contributed by atoms with van der Waals surface area (Å²) in [6, 6.07) is 10.2. The van der Waals surface area contributed by atoms with Crippen molar-refractivity contribution >= 4 is 34.9 Å². The Hall–Kier alpha value is -1.78. The number of hydrogen-bond donors (Lipinski definition) is 1. The van der Waals surface area contributed by atoms with Crippen LogP contribution in [0.25, 0.3) is 0 Å². The molecule has 0 aliphatic carbocycles. The summed E-state index contributed by atoms with van der Waals surface area (Å²) in [4.78, 5) is 16.0. The lowest BCUT2D eigenvalue weighted by Gasteiger charge is -2.14. The smallest absolute Gasteiger partial charge is 0.266 e. The van der Waals surface area contributed by atoms with Crippen LogP contribution in [-0.4, -0.2) is 17.0 Å². The van der Waals surface area contributed by atoms with Gasteiger partial charge in [0.05, 0.1) is 5.02 Å². The second kappa shape index (κ2) is 6.59. The van der Waals surface area contributed by atoms with E-state index in [1.807, 2.05) is 0 Å². The molecule has 0 saturated carbocycles. The normalized spacial score (nSPS) is 11.8. The molecule has 0 bridgehead atoms. The summed E-state index contributed by atoms with van der Waals surface area (Å²) in [5.74, 6) is 0.485. The Balaban J connectivity index is 2.01. The van der Waals surface area contributed by atoms with Crippen LogP contribution in [0.15, 0.2) is 42.6 Å². The van der Waals surface area contributed by atoms with Crippen molar-refractivity contribution < 1.29 is 9.53 Å². The third-order valence-electron chi connectivity index (χ3n) is 2.48. The Bertz CT molecular complexity index is 620. The number of carbonyl (C=O) groups is 1. The Kier molecular flexibility index (Phi) is 4.82. The minimum Gasteiger partial charge on any atom is -0.481 e. The second-order valence-electron chi connectivity index (χ2n) is 4.04. The van der Waals surface area contributed by atoms with Gasteiger partial charge in [0.15, 0.2) is 11.9 Å². The van der Waals surface area contributed by atoms with Crippen LogP contribution in [0.5, 0.6) is 5.75 Å². The standard InChI is InChI=1S/C14H12Cl2N2O2/c1-9(20-11-5-2-4-10(15)8-11)14(19)18-13-12(16)6-3-7-17-13/h2-9H,1H3,(H,17,18,19). The van der Waals surface area contributed by atoms with Crippen molar-refractivity contribution in [3.8, 4) is 5.75 Å². The first-order valence-electron chi connectivity index (χ1n) is 5.90. The molecule has 104 valence electrons. The van der Waals surface area contributed by atoms with E-state index in [1.165, 1.54) is 0 Å². The Morgan fingerprint density at radius 3 is 2.80 bits per heavy atom. The average Bonchev–Trinajstić information content (AvgIpc) is 2.41. The summed E-state index contributed by atoms with van der Waals surface area (Å²) < 4.78 is 5.50. The van der Waals surface area contributed by atoms with Gasteiger partial charge < -0.3 is 10.1 Å². The SMILES string of the molecule is CC(Oc1cccc(Cl)c1)C(=O)Nc1ncccc1Cl. The fraction of sp³-hybridized carbons (Fsp3) is 0.143. The lowest BCUT2D eigenvalue weighted by atomic mass is 10.3. The molecule has 2 aromatic rings. The topological polar surface area (TPSA) is 51.2 Å². The van der Waals surface area contributed by atoms with E-state index in [4.69, 9.17) is 27.9 Å². The maximum absolute atomic E-state index is 12.0. The highest BCUT2D eigenvalue weighted by Crippen LogP contribution is 2.20. The zero-order chi connectivity index (χ0) is 14.5. The molecular weight excluding hydrogens is 299 g/mol. The van der Waals surface area contributed by atoms with E-state index in [-0.39, 0.29) is 5.91 Å². The van der Waals surface area contributed by atoms with Crippen molar-refractivity contribution in [2.45, 2.75) is 13.0 Å². The van der Waals surface area contributed by atoms with Gasteiger partial charge in [0.25, 0.3) is 5.91 Å². The Morgan fingerprint density at radius 1 is 1.30 bits per heavy atom. The number of nitrogens with one attached hydrogen (secondary N) is 1. The van der Waals surface area contributed by atoms with Gasteiger partial charge in [0.1, 0.15) is 5.75 Å². The van der Waals surface area contributed by atoms with Crippen LogP contribution in [0.4, 0.5) is 5.82 Å². The minimum atomic E-state index is -0.702. The van der Waals surface area contributed by atoms with Gasteiger partial charge in [-0.3, -0.25) is 4.79 Å². The summed E-state index contributed by atoms with van der Waals surface area (Å²) in [5.41, 5.74) is 0. The molecular formula is C14H12Cl2N2O2. The van der Waals surface area contributed by atoms with E-state index >= 15 is 0 Å². The van der Waals surface area contributed by atoms with Crippen LogP contribution < -0.4 is 10.1 Å². The number of carbonyl (C=O) groups excluding carboxylic acids is 1. The molecule has 0 saturated heterocycles. The van der Waals surface area contributed by atoms with Gasteiger partial charge in [-0.15, -0.1) is 0 Å². The van der Waals surface area contributed by atoms with Crippen LogP contribution in [0.2, 0.25) is 10.0 Å². The van der Waals surface area contributed by atoms with E-state index in [1.54, 1.807) is 49.5 Å². The number of pyridine rings is 1. The number of benzene rings is 1. The van der Waals surface area contributed by atoms with E-state index < -0.39 is 6.10 Å². The summed E-state index contributed by atoms with van der Waals surface area (Å²) >= 11 is 11.8. The average molecular weight is 311 g/mol. The highest BCUT2D eigenvalue weighted by molar-refractivity contribution is 6.33. The van der Waals surface area contributed by atoms with Crippen LogP contribution in [0.1, 0.15) is 6.92 Å². The predicted molar refractivity (Wildman–Crippen MR) is 79.4 cm³/mol. The van der Waals surface area contributed by atoms with E-state index in [9.17, 15) is 4.79 Å². The summed E-state index contributed by atoms with van der Waals surface area (Å²) in [5, 5.41) is 3.52. The first-order valence-corrected chi connectivity index (χ1v) is 6.65. The molecule has 0 fully saturated rings. The lowest BCUT2D eigenvalue weighted by Crippen LogP contribution is -2.30. The third-order valence-corrected chi connectivity index (χ3v) is 3.02. The van der Waals surface area contributed by atoms with Gasteiger partial charge in [0.2, 0.25) is 0 Å². The number of halogens is 2. The molecule has 0 aliphatic rings. The maximum atomic E-state index is 12.0. The Labute approximate surface area is 126 Å². The molecule has 1 heterocycles. The van der Waals surface area contributed by atoms with Crippen molar-refractivity contribution in [1.29, 1.82) is 0 Å². The van der Waals surface area contributed by atoms with Gasteiger partial charge in [-0.25, -0.2) is 4.98 Å². The summed E-state index contributed by atoms with van der Waals surface area (Å²) in [6.07, 6.45) is 0.843. The summed E-state index contributed by atoms with van der Waals surface area (Å²) in [7, 11) is 0. The molecule has 6 heteroatoms. The quantitative estimate of drug-likeness (QED) is 0.934. The minimum absolute atomic E-state index is 0.306. The highest BCUT2D eigenvalue weighted by Gasteiger charge is 2.16. The molecule has 1 amide bonds. The monoisotopic (exact) mass is 310 g/mol. The van der Waals surface area contributed by atoms with E-state index in [2.05, 4.69) is 10.3 Å². The van der Waals surface area contributed by atoms with Crippen LogP contribution in [-0.2, 0) is 4.79 Å². The second-order valence-corrected chi connectivity index (χ2v) is 4.88. The molecule has 1 atom stereocenters. The van der Waals surface area contributed by atoms with Crippen molar-refractivity contribution in [2.75, 3.05) is 5.32 Å². The molecule has 1 N–H and O–H groups in total. The van der Waals surface area contributed by atoms with Crippen LogP contribution >= 0.6 is 23.2 Å². The van der Waals surface area contributed by atoms with Gasteiger partial charge >= 0.3 is 0 Å². The van der Waals surface area contributed by atoms with E-state index in [0.29, 0.717) is 21.6 Å². The molecule has 0 radical (unpaired) electrons. The number of aromatic nitrogens is 1. The number of rotatable bonds is 4. The number of ether oxygens (including phenoxy) is 1. The van der Waals surface area contributed by atoms with Crippen molar-refractivity contribution in [1.82, 2.24) is 4.98 Å². The maximum Gasteiger partial charge on any atom is 0.266 e. The first kappa shape index (κ1) is 14.6. The van der Waals surface area contributed by atoms with Gasteiger partial charge in [0, 0.05) is 11.2 Å². The van der Waals surface area contributed by atoms with Crippen molar-refractivity contribution in [3.05, 3.63) is 52.6 Å². The molecule has 1 unspecified atom stereocenters. The third kappa shape index (κ3) is 3.85. The van der Waals surface area contributed by atoms with Gasteiger partial charge in [-0.1, -0.05) is 29.3 Å². The summed E-state index contributed by atoms with van der Waals surface area (Å²) in [6.45, 7) is 1.63. The number of hydrogen-bond acceptors (Lipinski definition) is 3. The fourth-order valence-corrected chi connectivity index (χ4v) is 1.84. The molecule has 2 rings (SSSR count). The molecule has 0 spiro atoms. The zero-order valence-electron chi connectivity index (χ0n) is 10.6. The van der Waals surface area contributed by atoms with Crippen molar-refractivity contribution in [3.63, 3.8) is 0 Å². The van der Waals surface area contributed by atoms with Gasteiger partial charge in [-0.2, -0.15) is 0 Å². The molecule has 4 nitrogen and oxygen atoms in total. The van der Waals surface area contributed by atoms with Crippen LogP contribution in [0.3, 0.4) is 0 Å². The largest absolute Gasteiger partial charge is 0.481 e. The molecule has 0 aliphatic heterocycles. The number of nitrogens with zero attached hydrogens (tertiary/aromatic N) is 1. The molecule has 20 heavy (non-hydrogen) atoms. The van der Waals surface area contributed by atoms with Gasteiger partial charge in [-0.05, 0) is 37.3 Å². The number of amides is 1. The number of anilines is 1. The van der Waals surface area contributed by atoms with Crippen molar-refractivity contribution in [2.24, 2.45) is 0 Å². The highest BCUT2D eigenvalue weighted by atomic mass is 35.5. The molecule has 1 aromatic heterocycles. The lowest BCUT2D eigenvalue weighted by molar-refractivity contribution is -0.122. The van der Waals surface area contributed by atoms with E-state index in [0.717, 1.165) is 0 Å². The molecule has 1 aromatic carbocycles. The fourth-order valence-electron chi connectivity index (χ4n) is 1.49. The predicted octanol–water partition coefficient (Wildman–Crippen LogP) is 3.79. The van der Waals surface area contributed by atoms with Crippen LogP contribution in [0, 0.1) is 0 Å². The zero-order valence-corrected chi connectivity index (χ0v) is 12.2. The first-order chi connectivity index (χ1) is 9.56. The Morgan fingerprint density at radius 2 is 2.10 bits per heavy atom.